The summed E-state index contributed by atoms with van der Waals surface area (Å²) in [6, 6.07) is 11.2. The van der Waals surface area contributed by atoms with Gasteiger partial charge in [0.05, 0.1) is 36.1 Å². The van der Waals surface area contributed by atoms with Gasteiger partial charge in [0, 0.05) is 33.0 Å². The van der Waals surface area contributed by atoms with Gasteiger partial charge in [0.25, 0.3) is 11.6 Å². The second kappa shape index (κ2) is 21.8. The molecule has 2 amide bonds. The standard InChI is InChI=1S/C23H32N6O5Si.C17H18N6O5/c1-13(18-17(21(31)26-18)14(2)34-35(6,7)23(3,4)5)20(30)19(27-24)22(32)33-12-15-8-10-16(11-9-15)28-29-25;1-8(13-12(9(2)24)16(26)20-13)15(25)14(21-18)17(27)28-7-10-3-5-11(6-4-10)22-23-19/h8-11,13-14,17-18H,12H2,1-7H3,(H,26,31);3-6,8-9,12-13,24H,7H2,1-2H3,(H,20,26)/t13-,14-,17-,18-;8-,9-,12-,13-/m11/s1. The zero-order valence-electron chi connectivity index (χ0n) is 36.2. The van der Waals surface area contributed by atoms with E-state index in [-0.39, 0.29) is 24.2 Å². The Kier molecular flexibility index (Phi) is 17.5. The number of carbonyl (C=O) groups is 6. The molecule has 63 heavy (non-hydrogen) atoms. The minimum Gasteiger partial charge on any atom is -0.452 e. The van der Waals surface area contributed by atoms with Crippen molar-refractivity contribution in [1.82, 2.24) is 10.6 Å². The number of rotatable bonds is 18. The highest BCUT2D eigenvalue weighted by molar-refractivity contribution is 6.74. The molecule has 0 bridgehead atoms. The molecule has 8 atom stereocenters. The number of ether oxygens (including phenoxy) is 2. The summed E-state index contributed by atoms with van der Waals surface area (Å²) in [5.74, 6) is -7.51. The smallest absolute Gasteiger partial charge is 0.441 e. The zero-order chi connectivity index (χ0) is 47.4. The number of ketones is 2. The number of hydrogen-bond acceptors (Lipinski definition) is 12. The summed E-state index contributed by atoms with van der Waals surface area (Å²) in [5, 5.41) is 21.7. The monoisotopic (exact) mass is 886 g/mol. The molecule has 3 N–H and O–H groups in total. The first-order chi connectivity index (χ1) is 29.5. The molecule has 0 unspecified atom stereocenters. The van der Waals surface area contributed by atoms with Crippen LogP contribution in [0.15, 0.2) is 58.8 Å². The Balaban J connectivity index is 0.000000344. The van der Waals surface area contributed by atoms with E-state index in [4.69, 9.17) is 30.5 Å². The third-order valence-corrected chi connectivity index (χ3v) is 15.8. The number of Topliss-reactive ketones (excluding diaryl/α,β-unsaturated/α-hetero) is 2. The second-order valence-electron chi connectivity index (χ2n) is 16.5. The number of β-lactam (4-membered cyclic amide) rings is 2. The Morgan fingerprint density at radius 3 is 1.37 bits per heavy atom. The highest BCUT2D eigenvalue weighted by Gasteiger charge is 2.53. The lowest BCUT2D eigenvalue weighted by Crippen LogP contribution is -2.67. The fourth-order valence-electron chi connectivity index (χ4n) is 6.44. The van der Waals surface area contributed by atoms with Crippen molar-refractivity contribution in [3.8, 4) is 0 Å². The van der Waals surface area contributed by atoms with Crippen molar-refractivity contribution < 1.29 is 57.4 Å². The number of azide groups is 2. The lowest BCUT2D eigenvalue weighted by Gasteiger charge is -2.46. The molecular weight excluding hydrogens is 837 g/mol. The van der Waals surface area contributed by atoms with Gasteiger partial charge in [-0.05, 0) is 54.2 Å². The number of hydrogen-bond donors (Lipinski definition) is 3. The van der Waals surface area contributed by atoms with Crippen LogP contribution < -0.4 is 10.6 Å². The van der Waals surface area contributed by atoms with E-state index in [1.807, 2.05) is 6.92 Å². The van der Waals surface area contributed by atoms with Crippen molar-refractivity contribution in [2.24, 2.45) is 33.9 Å². The number of aliphatic hydroxyl groups excluding tert-OH is 1. The van der Waals surface area contributed by atoms with Crippen LogP contribution in [0.2, 0.25) is 18.1 Å². The molecule has 2 heterocycles. The van der Waals surface area contributed by atoms with Gasteiger partial charge in [0.15, 0.2) is 8.32 Å². The Labute approximate surface area is 363 Å². The molecule has 4 rings (SSSR count). The Morgan fingerprint density at radius 2 is 1.06 bits per heavy atom. The van der Waals surface area contributed by atoms with Gasteiger partial charge < -0.3 is 40.7 Å². The largest absolute Gasteiger partial charge is 0.452 e. The lowest BCUT2D eigenvalue weighted by molar-refractivity contribution is -0.148. The van der Waals surface area contributed by atoms with Crippen LogP contribution in [0.4, 0.5) is 11.4 Å². The molecule has 2 saturated heterocycles. The molecular formula is C40H50N12O10Si. The molecule has 0 radical (unpaired) electrons. The van der Waals surface area contributed by atoms with E-state index in [9.17, 15) is 39.4 Å². The van der Waals surface area contributed by atoms with Crippen molar-refractivity contribution in [2.75, 3.05) is 0 Å². The van der Waals surface area contributed by atoms with Gasteiger partial charge in [-0.3, -0.25) is 19.2 Å². The van der Waals surface area contributed by atoms with Gasteiger partial charge in [-0.25, -0.2) is 9.59 Å². The number of esters is 2. The topological polar surface area (TPSA) is 345 Å². The second-order valence-corrected chi connectivity index (χ2v) is 21.3. The number of nitrogens with zero attached hydrogens (tertiary/aromatic N) is 10. The SMILES string of the molecule is C[C@@H](O)[C@H]1C(=O)N[C@@H]1[C@@H](C)C(=O)C(=[N+]=[N-])C(=O)OCc1ccc(N=[N+]=[N-])cc1.C[C@@H](O[Si](C)(C)C(C)(C)C)[C@H]1C(=O)N[C@@H]1[C@@H](C)C(=O)C(=[N+]=[N-])C(=O)OCc1ccc(N=[N+]=[N-])cc1. The van der Waals surface area contributed by atoms with Gasteiger partial charge in [-0.15, -0.1) is 0 Å². The van der Waals surface area contributed by atoms with Crippen molar-refractivity contribution in [3.63, 3.8) is 0 Å². The Bertz CT molecular complexity index is 2290. The summed E-state index contributed by atoms with van der Waals surface area (Å²) in [5.41, 5.74) is 35.6. The fourth-order valence-corrected chi connectivity index (χ4v) is 7.87. The van der Waals surface area contributed by atoms with Crippen molar-refractivity contribution in [2.45, 2.75) is 104 Å². The van der Waals surface area contributed by atoms with E-state index < -0.39 is 97.1 Å². The molecule has 0 aliphatic carbocycles. The molecule has 2 aliphatic rings. The van der Waals surface area contributed by atoms with Gasteiger partial charge in [-0.2, -0.15) is 9.58 Å². The summed E-state index contributed by atoms with van der Waals surface area (Å²) in [6.07, 6.45) is -1.40. The first-order valence-electron chi connectivity index (χ1n) is 19.6. The normalized spacial score (nSPS) is 19.5. The molecule has 22 nitrogen and oxygen atoms in total. The van der Waals surface area contributed by atoms with Crippen LogP contribution in [-0.2, 0) is 55.9 Å². The highest BCUT2D eigenvalue weighted by Crippen LogP contribution is 2.39. The van der Waals surface area contributed by atoms with E-state index in [2.05, 4.69) is 74.1 Å². The first-order valence-corrected chi connectivity index (χ1v) is 22.6. The molecule has 23 heteroatoms. The van der Waals surface area contributed by atoms with Crippen molar-refractivity contribution in [1.29, 1.82) is 0 Å². The number of aliphatic hydroxyl groups is 1. The van der Waals surface area contributed by atoms with Gasteiger partial charge >= 0.3 is 23.4 Å². The van der Waals surface area contributed by atoms with Gasteiger partial charge in [-0.1, -0.05) is 93.4 Å². The summed E-state index contributed by atoms with van der Waals surface area (Å²) in [7, 11) is -2.16. The van der Waals surface area contributed by atoms with Gasteiger partial charge in [0.1, 0.15) is 13.2 Å². The van der Waals surface area contributed by atoms with Crippen LogP contribution in [0.25, 0.3) is 31.9 Å². The van der Waals surface area contributed by atoms with E-state index in [1.165, 1.54) is 26.0 Å². The number of benzene rings is 2. The summed E-state index contributed by atoms with van der Waals surface area (Å²) < 4.78 is 16.5. The molecule has 2 aromatic rings. The summed E-state index contributed by atoms with van der Waals surface area (Å²) in [4.78, 5) is 84.9. The lowest BCUT2D eigenvalue weighted by atomic mass is 9.76. The quantitative estimate of drug-likeness (QED) is 0.0259. The third kappa shape index (κ3) is 12.6. The van der Waals surface area contributed by atoms with E-state index in [0.29, 0.717) is 22.5 Å². The van der Waals surface area contributed by atoms with Crippen LogP contribution >= 0.6 is 0 Å². The van der Waals surface area contributed by atoms with E-state index in [1.54, 1.807) is 43.3 Å². The average Bonchev–Trinajstić information content (AvgIpc) is 3.20. The maximum Gasteiger partial charge on any atom is 0.441 e. The molecule has 334 valence electrons. The fraction of sp³-hybridized carbons (Fsp3) is 0.500. The Hall–Kier alpha value is -6.82. The van der Waals surface area contributed by atoms with Crippen LogP contribution in [0, 0.1) is 23.7 Å². The molecule has 2 aliphatic heterocycles. The van der Waals surface area contributed by atoms with Crippen LogP contribution in [-0.4, -0.2) is 94.0 Å². The molecule has 0 aromatic heterocycles. The highest BCUT2D eigenvalue weighted by atomic mass is 28.4. The number of carbonyl (C=O) groups excluding carboxylic acids is 6. The average molecular weight is 887 g/mol. The Morgan fingerprint density at radius 1 is 0.698 bits per heavy atom. The minimum atomic E-state index is -2.16. The van der Waals surface area contributed by atoms with E-state index in [0.717, 1.165) is 0 Å². The van der Waals surface area contributed by atoms with Crippen LogP contribution in [0.1, 0.15) is 59.6 Å². The number of nitrogens with one attached hydrogen (secondary N) is 2. The van der Waals surface area contributed by atoms with Crippen molar-refractivity contribution in [3.05, 3.63) is 91.6 Å². The maximum absolute atomic E-state index is 13.0. The van der Waals surface area contributed by atoms with Crippen LogP contribution in [0.3, 0.4) is 0 Å². The maximum atomic E-state index is 13.0. The molecule has 2 aromatic carbocycles. The molecule has 0 saturated carbocycles. The molecule has 0 spiro atoms. The van der Waals surface area contributed by atoms with E-state index >= 15 is 0 Å². The predicted octanol–water partition coefficient (Wildman–Crippen LogP) is 5.12. The summed E-state index contributed by atoms with van der Waals surface area (Å²) in [6.45, 7) is 16.3. The van der Waals surface area contributed by atoms with Crippen molar-refractivity contribution >= 4 is 66.4 Å². The van der Waals surface area contributed by atoms with Crippen LogP contribution in [0.5, 0.6) is 0 Å². The zero-order valence-corrected chi connectivity index (χ0v) is 37.2. The predicted molar refractivity (Wildman–Crippen MR) is 226 cm³/mol. The van der Waals surface area contributed by atoms with Gasteiger partial charge in [0.2, 0.25) is 11.8 Å². The summed E-state index contributed by atoms with van der Waals surface area (Å²) >= 11 is 0. The molecule has 2 fully saturated rings. The minimum absolute atomic E-state index is 0.0534. The third-order valence-electron chi connectivity index (χ3n) is 11.2. The first kappa shape index (κ1) is 50.5. The number of amides is 2.